The predicted molar refractivity (Wildman–Crippen MR) is 59.6 cm³/mol. The van der Waals surface area contributed by atoms with Gasteiger partial charge >= 0.3 is 5.69 Å². The van der Waals surface area contributed by atoms with Crippen molar-refractivity contribution in [1.82, 2.24) is 9.55 Å². The number of nitrogens with two attached hydrogens (primary N) is 1. The SMILES string of the molecule is Nc1nc(=O)n([C@H]2S[C@@H](CO)C=C2F)cc1F. The van der Waals surface area contributed by atoms with Gasteiger partial charge in [-0.3, -0.25) is 4.57 Å². The number of anilines is 1. The average Bonchev–Trinajstić information content (AvgIpc) is 2.65. The van der Waals surface area contributed by atoms with Crippen molar-refractivity contribution >= 4 is 17.6 Å². The zero-order chi connectivity index (χ0) is 12.6. The summed E-state index contributed by atoms with van der Waals surface area (Å²) >= 11 is 0.998. The minimum absolute atomic E-state index is 0.256. The largest absolute Gasteiger partial charge is 0.395 e. The summed E-state index contributed by atoms with van der Waals surface area (Å²) in [6.45, 7) is -0.256. The second kappa shape index (κ2) is 4.46. The first-order chi connectivity index (χ1) is 8.02. The van der Waals surface area contributed by atoms with E-state index in [0.29, 0.717) is 0 Å². The molecule has 0 aromatic carbocycles. The van der Waals surface area contributed by atoms with Crippen molar-refractivity contribution in [3.63, 3.8) is 0 Å². The van der Waals surface area contributed by atoms with Crippen molar-refractivity contribution in [2.75, 3.05) is 12.3 Å². The van der Waals surface area contributed by atoms with Gasteiger partial charge in [-0.2, -0.15) is 4.98 Å². The number of aromatic nitrogens is 2. The van der Waals surface area contributed by atoms with Gasteiger partial charge < -0.3 is 10.8 Å². The molecule has 0 amide bonds. The molecule has 0 radical (unpaired) electrons. The molecule has 0 unspecified atom stereocenters. The number of hydrogen-bond donors (Lipinski definition) is 2. The number of thioether (sulfide) groups is 1. The Hall–Kier alpha value is -1.41. The first-order valence-electron chi connectivity index (χ1n) is 4.70. The van der Waals surface area contributed by atoms with Gasteiger partial charge in [0.2, 0.25) is 0 Å². The summed E-state index contributed by atoms with van der Waals surface area (Å²) in [7, 11) is 0. The molecule has 0 bridgehead atoms. The highest BCUT2D eigenvalue weighted by molar-refractivity contribution is 8.00. The van der Waals surface area contributed by atoms with Gasteiger partial charge in [0.1, 0.15) is 11.2 Å². The molecule has 0 aliphatic carbocycles. The van der Waals surface area contributed by atoms with Crippen molar-refractivity contribution in [2.45, 2.75) is 10.6 Å². The lowest BCUT2D eigenvalue weighted by atomic mass is 10.3. The Morgan fingerprint density at radius 3 is 2.88 bits per heavy atom. The van der Waals surface area contributed by atoms with Crippen LogP contribution in [0.2, 0.25) is 0 Å². The fraction of sp³-hybridized carbons (Fsp3) is 0.333. The van der Waals surface area contributed by atoms with Gasteiger partial charge in [0.05, 0.1) is 11.9 Å². The lowest BCUT2D eigenvalue weighted by molar-refractivity contribution is 0.307. The number of rotatable bonds is 2. The third-order valence-corrected chi connectivity index (χ3v) is 3.60. The van der Waals surface area contributed by atoms with Crippen LogP contribution in [0.4, 0.5) is 14.6 Å². The summed E-state index contributed by atoms with van der Waals surface area (Å²) in [4.78, 5) is 14.7. The van der Waals surface area contributed by atoms with Crippen LogP contribution in [0.15, 0.2) is 22.9 Å². The molecular formula is C9H9F2N3O2S. The van der Waals surface area contributed by atoms with E-state index in [1.807, 2.05) is 0 Å². The lowest BCUT2D eigenvalue weighted by Gasteiger charge is -2.14. The molecule has 2 rings (SSSR count). The van der Waals surface area contributed by atoms with Crippen LogP contribution in [0, 0.1) is 5.82 Å². The molecule has 17 heavy (non-hydrogen) atoms. The van der Waals surface area contributed by atoms with E-state index < -0.39 is 33.8 Å². The smallest absolute Gasteiger partial charge is 0.351 e. The van der Waals surface area contributed by atoms with Crippen molar-refractivity contribution < 1.29 is 13.9 Å². The highest BCUT2D eigenvalue weighted by atomic mass is 32.2. The zero-order valence-electron chi connectivity index (χ0n) is 8.51. The molecule has 5 nitrogen and oxygen atoms in total. The number of hydrogen-bond acceptors (Lipinski definition) is 5. The van der Waals surface area contributed by atoms with E-state index in [0.717, 1.165) is 22.5 Å². The highest BCUT2D eigenvalue weighted by Gasteiger charge is 2.30. The maximum atomic E-state index is 13.5. The number of halogens is 2. The van der Waals surface area contributed by atoms with Crippen LogP contribution in [-0.4, -0.2) is 26.5 Å². The van der Waals surface area contributed by atoms with E-state index in [-0.39, 0.29) is 6.61 Å². The van der Waals surface area contributed by atoms with Crippen molar-refractivity contribution in [1.29, 1.82) is 0 Å². The molecule has 1 aliphatic rings. The minimum atomic E-state index is -0.998. The van der Waals surface area contributed by atoms with Crippen molar-refractivity contribution in [2.24, 2.45) is 0 Å². The minimum Gasteiger partial charge on any atom is -0.395 e. The predicted octanol–water partition coefficient (Wildman–Crippen LogP) is 0.424. The molecular weight excluding hydrogens is 252 g/mol. The first kappa shape index (κ1) is 12.1. The van der Waals surface area contributed by atoms with Gasteiger partial charge in [-0.25, -0.2) is 13.6 Å². The van der Waals surface area contributed by atoms with Crippen LogP contribution in [-0.2, 0) is 0 Å². The van der Waals surface area contributed by atoms with Crippen LogP contribution in [0.3, 0.4) is 0 Å². The Kier molecular flexibility index (Phi) is 3.16. The summed E-state index contributed by atoms with van der Waals surface area (Å²) in [5, 5.41) is 7.44. The quantitative estimate of drug-likeness (QED) is 0.806. The second-order valence-electron chi connectivity index (χ2n) is 3.42. The third kappa shape index (κ3) is 2.18. The molecule has 8 heteroatoms. The molecule has 0 saturated heterocycles. The van der Waals surface area contributed by atoms with Crippen LogP contribution in [0.1, 0.15) is 5.37 Å². The Balaban J connectivity index is 2.40. The summed E-state index contributed by atoms with van der Waals surface area (Å²) in [6.07, 6.45) is 2.01. The van der Waals surface area contributed by atoms with Gasteiger partial charge in [-0.1, -0.05) is 0 Å². The molecule has 92 valence electrons. The topological polar surface area (TPSA) is 81.1 Å². The summed E-state index contributed by atoms with van der Waals surface area (Å²) in [5.74, 6) is -2.01. The standard InChI is InChI=1S/C9H9F2N3O2S/c10-5-1-4(3-15)17-8(5)14-2-6(11)7(12)13-9(14)16/h1-2,4,8,15H,3H2,(H2,12,13,16)/t4-,8+/m1/s1. The van der Waals surface area contributed by atoms with E-state index in [9.17, 15) is 13.6 Å². The zero-order valence-corrected chi connectivity index (χ0v) is 9.32. The molecule has 3 N–H and O–H groups in total. The molecule has 1 aliphatic heterocycles. The van der Waals surface area contributed by atoms with Crippen LogP contribution in [0.25, 0.3) is 0 Å². The van der Waals surface area contributed by atoms with Gasteiger partial charge in [-0.05, 0) is 6.08 Å². The van der Waals surface area contributed by atoms with Gasteiger partial charge in [-0.15, -0.1) is 11.8 Å². The second-order valence-corrected chi connectivity index (χ2v) is 4.75. The molecule has 2 heterocycles. The lowest BCUT2D eigenvalue weighted by Crippen LogP contribution is -2.27. The number of nitrogen functional groups attached to an aromatic ring is 1. The maximum absolute atomic E-state index is 13.5. The average molecular weight is 261 g/mol. The Bertz CT molecular complexity index is 531. The Morgan fingerprint density at radius 1 is 1.59 bits per heavy atom. The van der Waals surface area contributed by atoms with Crippen LogP contribution < -0.4 is 11.4 Å². The summed E-state index contributed by atoms with van der Waals surface area (Å²) in [6, 6.07) is 0. The van der Waals surface area contributed by atoms with E-state index in [2.05, 4.69) is 4.98 Å². The molecule has 0 fully saturated rings. The summed E-state index contributed by atoms with van der Waals surface area (Å²) in [5.41, 5.74) is 4.29. The summed E-state index contributed by atoms with van der Waals surface area (Å²) < 4.78 is 27.5. The van der Waals surface area contributed by atoms with E-state index in [4.69, 9.17) is 10.8 Å². The first-order valence-corrected chi connectivity index (χ1v) is 5.65. The van der Waals surface area contributed by atoms with Crippen molar-refractivity contribution in [3.8, 4) is 0 Å². The maximum Gasteiger partial charge on any atom is 0.351 e. The van der Waals surface area contributed by atoms with E-state index >= 15 is 0 Å². The normalized spacial score (nSPS) is 23.8. The number of aliphatic hydroxyl groups is 1. The van der Waals surface area contributed by atoms with Gasteiger partial charge in [0, 0.05) is 6.20 Å². The molecule has 1 aromatic heterocycles. The van der Waals surface area contributed by atoms with Crippen LogP contribution >= 0.6 is 11.8 Å². The number of nitrogens with zero attached hydrogens (tertiary/aromatic N) is 2. The highest BCUT2D eigenvalue weighted by Crippen LogP contribution is 2.41. The monoisotopic (exact) mass is 261 g/mol. The van der Waals surface area contributed by atoms with Crippen molar-refractivity contribution in [3.05, 3.63) is 34.4 Å². The third-order valence-electron chi connectivity index (χ3n) is 2.25. The Labute approximate surface area is 99.0 Å². The van der Waals surface area contributed by atoms with Crippen LogP contribution in [0.5, 0.6) is 0 Å². The Morgan fingerprint density at radius 2 is 2.29 bits per heavy atom. The molecule has 1 aromatic rings. The fourth-order valence-corrected chi connectivity index (χ4v) is 2.57. The van der Waals surface area contributed by atoms with Gasteiger partial charge in [0.15, 0.2) is 11.6 Å². The van der Waals surface area contributed by atoms with E-state index in [1.54, 1.807) is 0 Å². The molecule has 0 saturated carbocycles. The fourth-order valence-electron chi connectivity index (χ4n) is 1.45. The number of aliphatic hydroxyl groups excluding tert-OH is 1. The molecule has 0 spiro atoms. The van der Waals surface area contributed by atoms with E-state index in [1.165, 1.54) is 6.08 Å². The van der Waals surface area contributed by atoms with Gasteiger partial charge in [0.25, 0.3) is 0 Å². The molecule has 2 atom stereocenters.